The van der Waals surface area contributed by atoms with E-state index in [9.17, 15) is 39.1 Å². The lowest BCUT2D eigenvalue weighted by atomic mass is 9.78. The summed E-state index contributed by atoms with van der Waals surface area (Å²) in [5.74, 6) is -1.50. The molecule has 2 saturated heterocycles. The lowest BCUT2D eigenvalue weighted by molar-refractivity contribution is -0.214. The lowest BCUT2D eigenvalue weighted by Crippen LogP contribution is -2.58. The predicted octanol–water partition coefficient (Wildman–Crippen LogP) is 3.04. The third-order valence-corrected chi connectivity index (χ3v) is 8.18. The Labute approximate surface area is 241 Å². The lowest BCUT2D eigenvalue weighted by Gasteiger charge is -2.48. The summed E-state index contributed by atoms with van der Waals surface area (Å²) in [6.07, 6.45) is -6.90. The van der Waals surface area contributed by atoms with Crippen molar-refractivity contribution < 1.29 is 43.8 Å². The topological polar surface area (TPSA) is 131 Å². The van der Waals surface area contributed by atoms with Crippen LogP contribution in [0.3, 0.4) is 0 Å². The van der Waals surface area contributed by atoms with E-state index in [2.05, 4.69) is 6.58 Å². The Morgan fingerprint density at radius 1 is 0.881 bits per heavy atom. The van der Waals surface area contributed by atoms with Gasteiger partial charge in [0.25, 0.3) is 0 Å². The molecular weight excluding hydrogens is 548 g/mol. The number of nitrogens with zero attached hydrogens (tertiary/aromatic N) is 1. The van der Waals surface area contributed by atoms with Crippen molar-refractivity contribution in [1.82, 2.24) is 0 Å². The maximum absolute atomic E-state index is 13.6. The zero-order valence-corrected chi connectivity index (χ0v) is 22.6. The van der Waals surface area contributed by atoms with Crippen LogP contribution in [0.15, 0.2) is 79.4 Å². The molecule has 3 aromatic carbocycles. The van der Waals surface area contributed by atoms with Gasteiger partial charge in [0.05, 0.1) is 24.7 Å². The normalized spacial score (nSPS) is 28.3. The molecule has 10 heteroatoms. The van der Waals surface area contributed by atoms with Crippen LogP contribution < -0.4 is 4.90 Å². The van der Waals surface area contributed by atoms with Crippen molar-refractivity contribution in [1.29, 1.82) is 0 Å². The molecule has 5 N–H and O–H groups in total. The number of hydrogen-bond donors (Lipinski definition) is 5. The predicted molar refractivity (Wildman–Crippen MR) is 150 cm³/mol. The Hall–Kier alpha value is -3.51. The van der Waals surface area contributed by atoms with Gasteiger partial charge in [0.2, 0.25) is 5.91 Å². The molecule has 0 saturated carbocycles. The smallest absolute Gasteiger partial charge is 0.233 e. The van der Waals surface area contributed by atoms with Gasteiger partial charge in [-0.2, -0.15) is 0 Å². The number of carbonyl (C=O) groups excluding carboxylic acids is 1. The molecule has 1 amide bonds. The number of ether oxygens (including phenoxy) is 1. The summed E-state index contributed by atoms with van der Waals surface area (Å²) in [6.45, 7) is 3.45. The van der Waals surface area contributed by atoms with E-state index in [-0.39, 0.29) is 12.3 Å². The van der Waals surface area contributed by atoms with Crippen molar-refractivity contribution in [2.45, 2.75) is 55.5 Å². The van der Waals surface area contributed by atoms with E-state index in [4.69, 9.17) is 4.74 Å². The zero-order chi connectivity index (χ0) is 30.1. The molecule has 2 heterocycles. The van der Waals surface area contributed by atoms with Gasteiger partial charge in [-0.05, 0) is 71.5 Å². The summed E-state index contributed by atoms with van der Waals surface area (Å²) in [6, 6.07) is 17.8. The van der Waals surface area contributed by atoms with Crippen LogP contribution in [0.2, 0.25) is 0 Å². The average Bonchev–Trinajstić information content (AvgIpc) is 3.00. The van der Waals surface area contributed by atoms with Crippen molar-refractivity contribution in [3.05, 3.63) is 108 Å². The third-order valence-electron chi connectivity index (χ3n) is 8.18. The summed E-state index contributed by atoms with van der Waals surface area (Å²) in [7, 11) is 0. The molecule has 0 unspecified atom stereocenters. The number of benzene rings is 3. The second kappa shape index (κ2) is 12.4. The van der Waals surface area contributed by atoms with Crippen molar-refractivity contribution in [2.24, 2.45) is 5.92 Å². The second-order valence-corrected chi connectivity index (χ2v) is 10.8. The van der Waals surface area contributed by atoms with Gasteiger partial charge >= 0.3 is 0 Å². The van der Waals surface area contributed by atoms with Crippen LogP contribution in [0.4, 0.5) is 14.5 Å². The Morgan fingerprint density at radius 3 is 2.07 bits per heavy atom. The molecule has 0 radical (unpaired) electrons. The van der Waals surface area contributed by atoms with Crippen molar-refractivity contribution in [2.75, 3.05) is 11.5 Å². The van der Waals surface area contributed by atoms with Gasteiger partial charge < -0.3 is 35.2 Å². The summed E-state index contributed by atoms with van der Waals surface area (Å²) < 4.78 is 32.6. The Morgan fingerprint density at radius 2 is 1.48 bits per heavy atom. The monoisotopic (exact) mass is 581 g/mol. The van der Waals surface area contributed by atoms with Crippen LogP contribution in [0.5, 0.6) is 0 Å². The molecule has 8 atom stereocenters. The SMILES string of the molecule is C=C(c1ccc([C@@H]2[C@@H](CC[C@H](O)c3ccc(F)cc3)C(=O)N2c2ccc(F)cc2)cc1)[C@@H]1O[C@H](CO)[C@@H](O)[C@H](O)[C@@H]1O. The molecule has 0 aliphatic carbocycles. The maximum atomic E-state index is 13.6. The standard InChI is InChI=1S/C32H33F2NO7/c1-17(31-30(40)29(39)28(38)26(16-36)42-31)18-2-4-20(5-3-18)27-24(14-15-25(37)19-6-8-21(33)9-7-19)32(41)35(27)23-12-10-22(34)11-13-23/h2-13,24-31,36-40H,1,14-16H2/t24-,25+,26-,27-,28-,29+,30+,31+/m1/s1. The zero-order valence-electron chi connectivity index (χ0n) is 22.6. The highest BCUT2D eigenvalue weighted by Crippen LogP contribution is 2.46. The third kappa shape index (κ3) is 5.74. The van der Waals surface area contributed by atoms with Crippen LogP contribution in [-0.2, 0) is 9.53 Å². The van der Waals surface area contributed by atoms with Crippen LogP contribution in [0, 0.1) is 17.6 Å². The number of amides is 1. The number of anilines is 1. The largest absolute Gasteiger partial charge is 0.394 e. The number of hydrogen-bond acceptors (Lipinski definition) is 7. The van der Waals surface area contributed by atoms with Crippen molar-refractivity contribution >= 4 is 17.2 Å². The fourth-order valence-electron chi connectivity index (χ4n) is 5.74. The van der Waals surface area contributed by atoms with Gasteiger partial charge in [-0.15, -0.1) is 0 Å². The van der Waals surface area contributed by atoms with E-state index < -0.39 is 66.8 Å². The first-order chi connectivity index (χ1) is 20.1. The Kier molecular flexibility index (Phi) is 8.84. The fourth-order valence-corrected chi connectivity index (χ4v) is 5.74. The highest BCUT2D eigenvalue weighted by atomic mass is 19.1. The molecule has 2 fully saturated rings. The molecular formula is C32H33F2NO7. The summed E-state index contributed by atoms with van der Waals surface area (Å²) in [5, 5.41) is 50.9. The molecule has 0 bridgehead atoms. The first kappa shape index (κ1) is 30.0. The van der Waals surface area contributed by atoms with Crippen LogP contribution in [-0.4, -0.2) is 68.6 Å². The number of carbonyl (C=O) groups is 1. The van der Waals surface area contributed by atoms with Crippen molar-refractivity contribution in [3.8, 4) is 0 Å². The van der Waals surface area contributed by atoms with Gasteiger partial charge in [0.15, 0.2) is 0 Å². The quantitative estimate of drug-likeness (QED) is 0.246. The number of aliphatic hydroxyl groups excluding tert-OH is 5. The average molecular weight is 582 g/mol. The van der Waals surface area contributed by atoms with E-state index in [1.807, 2.05) is 0 Å². The fraction of sp³-hybridized carbons (Fsp3) is 0.344. The minimum atomic E-state index is -1.53. The molecule has 8 nitrogen and oxygen atoms in total. The first-order valence-corrected chi connectivity index (χ1v) is 13.7. The molecule has 2 aliphatic rings. The van der Waals surface area contributed by atoms with E-state index >= 15 is 0 Å². The number of aliphatic hydroxyl groups is 5. The molecule has 0 spiro atoms. The van der Waals surface area contributed by atoms with Gasteiger partial charge in [0.1, 0.15) is 42.2 Å². The van der Waals surface area contributed by atoms with E-state index in [1.54, 1.807) is 29.2 Å². The van der Waals surface area contributed by atoms with E-state index in [0.29, 0.717) is 28.8 Å². The number of halogens is 2. The molecule has 5 rings (SSSR count). The van der Waals surface area contributed by atoms with Gasteiger partial charge in [-0.25, -0.2) is 8.78 Å². The Bertz CT molecular complexity index is 1400. The maximum Gasteiger partial charge on any atom is 0.233 e. The molecule has 3 aromatic rings. The highest BCUT2D eigenvalue weighted by Gasteiger charge is 2.49. The van der Waals surface area contributed by atoms with E-state index in [1.165, 1.54) is 48.5 Å². The minimum absolute atomic E-state index is 0.173. The van der Waals surface area contributed by atoms with Crippen LogP contribution >= 0.6 is 0 Å². The van der Waals surface area contributed by atoms with Crippen LogP contribution in [0.25, 0.3) is 5.57 Å². The molecule has 42 heavy (non-hydrogen) atoms. The van der Waals surface area contributed by atoms with Crippen LogP contribution in [0.1, 0.15) is 41.7 Å². The van der Waals surface area contributed by atoms with Gasteiger partial charge in [0, 0.05) is 5.69 Å². The highest BCUT2D eigenvalue weighted by molar-refractivity contribution is 6.03. The second-order valence-electron chi connectivity index (χ2n) is 10.8. The number of β-lactam (4-membered cyclic amide) rings is 1. The summed E-state index contributed by atoms with van der Waals surface area (Å²) >= 11 is 0. The molecule has 0 aromatic heterocycles. The number of rotatable bonds is 9. The van der Waals surface area contributed by atoms with E-state index in [0.717, 1.165) is 5.56 Å². The minimum Gasteiger partial charge on any atom is -0.394 e. The molecule has 2 aliphatic heterocycles. The summed E-state index contributed by atoms with van der Waals surface area (Å²) in [4.78, 5) is 14.9. The van der Waals surface area contributed by atoms with Gasteiger partial charge in [-0.3, -0.25) is 4.79 Å². The van der Waals surface area contributed by atoms with Crippen molar-refractivity contribution in [3.63, 3.8) is 0 Å². The molecule has 222 valence electrons. The Balaban J connectivity index is 1.37. The summed E-state index contributed by atoms with van der Waals surface area (Å²) in [5.41, 5.74) is 2.75. The van der Waals surface area contributed by atoms with Gasteiger partial charge in [-0.1, -0.05) is 43.0 Å². The first-order valence-electron chi connectivity index (χ1n) is 13.7.